The van der Waals surface area contributed by atoms with Crippen LogP contribution < -0.4 is 5.32 Å². The van der Waals surface area contributed by atoms with Gasteiger partial charge in [0, 0.05) is 12.1 Å². The van der Waals surface area contributed by atoms with E-state index in [1.54, 1.807) is 0 Å². The Morgan fingerprint density at radius 2 is 1.06 bits per heavy atom. The van der Waals surface area contributed by atoms with Gasteiger partial charge in [0.1, 0.15) is 0 Å². The normalized spacial score (nSPS) is 13.3. The molecule has 1 atom stereocenters. The Morgan fingerprint density at radius 3 is 1.44 bits per heavy atom. The molecule has 0 saturated heterocycles. The topological polar surface area (TPSA) is 12.0 Å². The van der Waals surface area contributed by atoms with Crippen molar-refractivity contribution >= 4 is 0 Å². The molecule has 0 aromatic carbocycles. The van der Waals surface area contributed by atoms with E-state index in [2.05, 4.69) is 33.0 Å². The fourth-order valence-corrected chi connectivity index (χ4v) is 2.45. The van der Waals surface area contributed by atoms with Gasteiger partial charge in [-0.3, -0.25) is 0 Å². The number of nitrogens with one attached hydrogen (secondary N) is 1. The van der Waals surface area contributed by atoms with Gasteiger partial charge in [0.15, 0.2) is 0 Å². The van der Waals surface area contributed by atoms with Gasteiger partial charge in [0.25, 0.3) is 0 Å². The van der Waals surface area contributed by atoms with Gasteiger partial charge in [-0.15, -0.1) is 0 Å². The monoisotopic (exact) mass is 227 g/mol. The predicted octanol–water partition coefficient (Wildman–Crippen LogP) is 4.90. The van der Waals surface area contributed by atoms with Crippen LogP contribution in [-0.4, -0.2) is 12.1 Å². The van der Waals surface area contributed by atoms with Crippen LogP contribution in [-0.2, 0) is 0 Å². The molecule has 0 saturated carbocycles. The van der Waals surface area contributed by atoms with Gasteiger partial charge in [-0.2, -0.15) is 0 Å². The van der Waals surface area contributed by atoms with Crippen LogP contribution in [0.2, 0.25) is 0 Å². The molecular formula is C15H33N. The van der Waals surface area contributed by atoms with Crippen LogP contribution in [0.3, 0.4) is 0 Å². The number of hydrogen-bond acceptors (Lipinski definition) is 1. The maximum atomic E-state index is 3.89. The lowest BCUT2D eigenvalue weighted by molar-refractivity contribution is 0.348. The first-order valence-electron chi connectivity index (χ1n) is 7.54. The Hall–Kier alpha value is -0.0400. The number of rotatable bonds is 11. The Kier molecular flexibility index (Phi) is 11.4. The summed E-state index contributed by atoms with van der Waals surface area (Å²) in [6.07, 6.45) is 12.1. The highest BCUT2D eigenvalue weighted by atomic mass is 14.9. The van der Waals surface area contributed by atoms with E-state index in [0.717, 1.165) is 12.1 Å². The molecule has 1 unspecified atom stereocenters. The summed E-state index contributed by atoms with van der Waals surface area (Å²) in [4.78, 5) is 0. The SMILES string of the molecule is CCCCC(CCC)NC(CCC)CCC. The molecule has 0 aromatic heterocycles. The first-order valence-corrected chi connectivity index (χ1v) is 7.54. The number of unbranched alkanes of at least 4 members (excludes halogenated alkanes) is 1. The zero-order chi connectivity index (χ0) is 12.2. The van der Waals surface area contributed by atoms with E-state index in [1.165, 1.54) is 57.8 Å². The first kappa shape index (κ1) is 16.0. The van der Waals surface area contributed by atoms with Crippen molar-refractivity contribution < 1.29 is 0 Å². The molecule has 0 fully saturated rings. The van der Waals surface area contributed by atoms with Crippen LogP contribution in [0.15, 0.2) is 0 Å². The summed E-state index contributed by atoms with van der Waals surface area (Å²) in [5, 5.41) is 3.89. The lowest BCUT2D eigenvalue weighted by Gasteiger charge is -2.25. The average molecular weight is 227 g/mol. The lowest BCUT2D eigenvalue weighted by Crippen LogP contribution is -2.38. The molecule has 0 radical (unpaired) electrons. The molecule has 0 bridgehead atoms. The van der Waals surface area contributed by atoms with Crippen molar-refractivity contribution in [2.45, 2.75) is 97.6 Å². The summed E-state index contributed by atoms with van der Waals surface area (Å²) < 4.78 is 0. The maximum absolute atomic E-state index is 3.89. The van der Waals surface area contributed by atoms with Crippen LogP contribution in [0.5, 0.6) is 0 Å². The molecule has 0 heterocycles. The minimum Gasteiger partial charge on any atom is -0.311 e. The molecule has 0 rings (SSSR count). The molecule has 1 N–H and O–H groups in total. The van der Waals surface area contributed by atoms with Crippen LogP contribution in [0, 0.1) is 0 Å². The van der Waals surface area contributed by atoms with Gasteiger partial charge in [-0.25, -0.2) is 0 Å². The van der Waals surface area contributed by atoms with Crippen LogP contribution in [0.1, 0.15) is 85.5 Å². The third-order valence-electron chi connectivity index (χ3n) is 3.29. The number of hydrogen-bond donors (Lipinski definition) is 1. The molecule has 0 aromatic rings. The Labute approximate surface area is 103 Å². The Balaban J connectivity index is 3.98. The third kappa shape index (κ3) is 8.15. The van der Waals surface area contributed by atoms with Gasteiger partial charge < -0.3 is 5.32 Å². The minimum absolute atomic E-state index is 0.767. The quantitative estimate of drug-likeness (QED) is 0.529. The zero-order valence-corrected chi connectivity index (χ0v) is 12.0. The van der Waals surface area contributed by atoms with E-state index in [9.17, 15) is 0 Å². The second kappa shape index (κ2) is 11.4. The summed E-state index contributed by atoms with van der Waals surface area (Å²) in [6.45, 7) is 9.18. The molecule has 0 aliphatic rings. The van der Waals surface area contributed by atoms with Crippen molar-refractivity contribution in [3.8, 4) is 0 Å². The lowest BCUT2D eigenvalue weighted by atomic mass is 10.0. The summed E-state index contributed by atoms with van der Waals surface area (Å²) in [6, 6.07) is 1.54. The highest BCUT2D eigenvalue weighted by Gasteiger charge is 2.12. The largest absolute Gasteiger partial charge is 0.311 e. The second-order valence-electron chi connectivity index (χ2n) is 5.07. The smallest absolute Gasteiger partial charge is 0.00695 e. The van der Waals surface area contributed by atoms with Crippen molar-refractivity contribution in [2.75, 3.05) is 0 Å². The van der Waals surface area contributed by atoms with E-state index in [0.29, 0.717) is 0 Å². The molecule has 0 aliphatic heterocycles. The highest BCUT2D eigenvalue weighted by Crippen LogP contribution is 2.12. The van der Waals surface area contributed by atoms with Crippen molar-refractivity contribution in [2.24, 2.45) is 0 Å². The molecule has 1 nitrogen and oxygen atoms in total. The standard InChI is InChI=1S/C15H33N/c1-5-9-13-15(12-8-4)16-14(10-6-2)11-7-3/h14-16H,5-13H2,1-4H3. The molecule has 0 aliphatic carbocycles. The summed E-state index contributed by atoms with van der Waals surface area (Å²) in [5.41, 5.74) is 0. The molecular weight excluding hydrogens is 194 g/mol. The van der Waals surface area contributed by atoms with E-state index in [4.69, 9.17) is 0 Å². The van der Waals surface area contributed by atoms with Gasteiger partial charge in [0.05, 0.1) is 0 Å². The molecule has 16 heavy (non-hydrogen) atoms. The molecule has 0 spiro atoms. The maximum Gasteiger partial charge on any atom is 0.00695 e. The van der Waals surface area contributed by atoms with Crippen LogP contribution in [0.25, 0.3) is 0 Å². The molecule has 98 valence electrons. The van der Waals surface area contributed by atoms with Crippen molar-refractivity contribution in [1.82, 2.24) is 5.32 Å². The predicted molar refractivity (Wildman–Crippen MR) is 75.0 cm³/mol. The third-order valence-corrected chi connectivity index (χ3v) is 3.29. The highest BCUT2D eigenvalue weighted by molar-refractivity contribution is 4.73. The van der Waals surface area contributed by atoms with Gasteiger partial charge in [0.2, 0.25) is 0 Å². The van der Waals surface area contributed by atoms with Crippen molar-refractivity contribution in [3.05, 3.63) is 0 Å². The summed E-state index contributed by atoms with van der Waals surface area (Å²) in [5.74, 6) is 0. The van der Waals surface area contributed by atoms with Crippen molar-refractivity contribution in [1.29, 1.82) is 0 Å². The molecule has 0 amide bonds. The van der Waals surface area contributed by atoms with E-state index < -0.39 is 0 Å². The van der Waals surface area contributed by atoms with Gasteiger partial charge >= 0.3 is 0 Å². The molecule has 1 heteroatoms. The summed E-state index contributed by atoms with van der Waals surface area (Å²) in [7, 11) is 0. The van der Waals surface area contributed by atoms with Gasteiger partial charge in [-0.05, 0) is 25.7 Å². The van der Waals surface area contributed by atoms with Crippen LogP contribution in [0.4, 0.5) is 0 Å². The van der Waals surface area contributed by atoms with E-state index in [-0.39, 0.29) is 0 Å². The zero-order valence-electron chi connectivity index (χ0n) is 12.0. The fraction of sp³-hybridized carbons (Fsp3) is 1.00. The van der Waals surface area contributed by atoms with E-state index >= 15 is 0 Å². The van der Waals surface area contributed by atoms with Crippen molar-refractivity contribution in [3.63, 3.8) is 0 Å². The first-order chi connectivity index (χ1) is 7.78. The van der Waals surface area contributed by atoms with Crippen LogP contribution >= 0.6 is 0 Å². The fourth-order valence-electron chi connectivity index (χ4n) is 2.45. The average Bonchev–Trinajstić information content (AvgIpc) is 2.27. The summed E-state index contributed by atoms with van der Waals surface area (Å²) >= 11 is 0. The minimum atomic E-state index is 0.767. The second-order valence-corrected chi connectivity index (χ2v) is 5.07. The van der Waals surface area contributed by atoms with E-state index in [1.807, 2.05) is 0 Å². The Bertz CT molecular complexity index is 127. The van der Waals surface area contributed by atoms with Gasteiger partial charge in [-0.1, -0.05) is 59.8 Å². The Morgan fingerprint density at radius 1 is 0.625 bits per heavy atom.